The Bertz CT molecular complexity index is 489. The van der Waals surface area contributed by atoms with Gasteiger partial charge in [-0.15, -0.1) is 6.58 Å². The maximum Gasteiger partial charge on any atom is 0.124 e. The van der Waals surface area contributed by atoms with Crippen molar-refractivity contribution in [1.29, 1.82) is 0 Å². The molecule has 112 valence electrons. The molecule has 0 unspecified atom stereocenters. The molecule has 1 aromatic carbocycles. The molecule has 0 aliphatic heterocycles. The Balaban J connectivity index is 3.55. The predicted octanol–water partition coefficient (Wildman–Crippen LogP) is 4.56. The highest BCUT2D eigenvalue weighted by molar-refractivity contribution is 5.50. The monoisotopic (exact) mass is 275 g/mol. The predicted molar refractivity (Wildman–Crippen MR) is 87.2 cm³/mol. The number of benzene rings is 1. The topological polar surface area (TPSA) is 46.2 Å². The van der Waals surface area contributed by atoms with Crippen LogP contribution in [-0.4, -0.2) is 5.11 Å². The van der Waals surface area contributed by atoms with Gasteiger partial charge in [0.1, 0.15) is 5.75 Å². The fraction of sp³-hybridized carbons (Fsp3) is 0.556. The van der Waals surface area contributed by atoms with E-state index >= 15 is 0 Å². The van der Waals surface area contributed by atoms with E-state index in [9.17, 15) is 5.11 Å². The van der Waals surface area contributed by atoms with Gasteiger partial charge >= 0.3 is 0 Å². The quantitative estimate of drug-likeness (QED) is 0.794. The Kier molecular flexibility index (Phi) is 4.70. The highest BCUT2D eigenvalue weighted by Crippen LogP contribution is 2.39. The van der Waals surface area contributed by atoms with Crippen molar-refractivity contribution >= 4 is 0 Å². The van der Waals surface area contributed by atoms with E-state index in [0.717, 1.165) is 11.1 Å². The number of rotatable bonds is 3. The van der Waals surface area contributed by atoms with Crippen molar-refractivity contribution in [1.82, 2.24) is 0 Å². The summed E-state index contributed by atoms with van der Waals surface area (Å²) in [4.78, 5) is 0. The van der Waals surface area contributed by atoms with Gasteiger partial charge < -0.3 is 10.8 Å². The molecule has 0 fully saturated rings. The minimum Gasteiger partial charge on any atom is -0.507 e. The molecule has 0 spiro atoms. The van der Waals surface area contributed by atoms with Gasteiger partial charge in [0.15, 0.2) is 0 Å². The number of aromatic hydroxyl groups is 1. The zero-order valence-corrected chi connectivity index (χ0v) is 13.7. The summed E-state index contributed by atoms with van der Waals surface area (Å²) in [7, 11) is 0. The van der Waals surface area contributed by atoms with Gasteiger partial charge in [0.05, 0.1) is 0 Å². The van der Waals surface area contributed by atoms with E-state index in [2.05, 4.69) is 54.2 Å². The summed E-state index contributed by atoms with van der Waals surface area (Å²) in [5, 5.41) is 10.6. The Morgan fingerprint density at radius 1 is 1.15 bits per heavy atom. The molecule has 0 heterocycles. The van der Waals surface area contributed by atoms with Crippen LogP contribution in [-0.2, 0) is 10.8 Å². The maximum absolute atomic E-state index is 10.6. The van der Waals surface area contributed by atoms with Crippen LogP contribution in [0.15, 0.2) is 24.8 Å². The standard InChI is InChI=1S/C18H29NO/c1-8-9-15(19)13-10-12(17(2,3)4)11-14(16(13)20)18(5,6)7/h8,10-11,15,20H,1,9,19H2,2-7H3/t15-/m1/s1. The first-order chi connectivity index (χ1) is 8.98. The van der Waals surface area contributed by atoms with Crippen LogP contribution in [0.1, 0.15) is 70.7 Å². The SMILES string of the molecule is C=CC[C@@H](N)c1cc(C(C)(C)C)cc(C(C)(C)C)c1O. The molecule has 0 saturated carbocycles. The Hall–Kier alpha value is -1.28. The number of hydrogen-bond acceptors (Lipinski definition) is 2. The third-order valence-electron chi connectivity index (χ3n) is 3.63. The highest BCUT2D eigenvalue weighted by Gasteiger charge is 2.26. The highest BCUT2D eigenvalue weighted by atomic mass is 16.3. The Morgan fingerprint density at radius 3 is 2.10 bits per heavy atom. The molecule has 0 aliphatic carbocycles. The molecule has 0 radical (unpaired) electrons. The van der Waals surface area contributed by atoms with E-state index in [4.69, 9.17) is 5.73 Å². The van der Waals surface area contributed by atoms with Crippen LogP contribution in [0.5, 0.6) is 5.75 Å². The molecule has 1 rings (SSSR count). The molecule has 0 aromatic heterocycles. The van der Waals surface area contributed by atoms with Gasteiger partial charge in [0.25, 0.3) is 0 Å². The first kappa shape index (κ1) is 16.8. The van der Waals surface area contributed by atoms with Gasteiger partial charge in [-0.05, 0) is 34.4 Å². The number of nitrogens with two attached hydrogens (primary N) is 1. The summed E-state index contributed by atoms with van der Waals surface area (Å²) in [5.74, 6) is 0.333. The summed E-state index contributed by atoms with van der Waals surface area (Å²) >= 11 is 0. The first-order valence-electron chi connectivity index (χ1n) is 7.23. The second-order valence-electron chi connectivity index (χ2n) is 7.59. The fourth-order valence-electron chi connectivity index (χ4n) is 2.25. The Morgan fingerprint density at radius 2 is 1.70 bits per heavy atom. The van der Waals surface area contributed by atoms with Gasteiger partial charge in [-0.2, -0.15) is 0 Å². The molecule has 1 aromatic rings. The second-order valence-corrected chi connectivity index (χ2v) is 7.59. The van der Waals surface area contributed by atoms with E-state index in [-0.39, 0.29) is 16.9 Å². The van der Waals surface area contributed by atoms with Gasteiger partial charge in [0, 0.05) is 11.6 Å². The van der Waals surface area contributed by atoms with Crippen molar-refractivity contribution in [3.63, 3.8) is 0 Å². The second kappa shape index (κ2) is 5.61. The lowest BCUT2D eigenvalue weighted by Gasteiger charge is -2.28. The first-order valence-corrected chi connectivity index (χ1v) is 7.23. The third-order valence-corrected chi connectivity index (χ3v) is 3.63. The lowest BCUT2D eigenvalue weighted by molar-refractivity contribution is 0.432. The third kappa shape index (κ3) is 3.63. The van der Waals surface area contributed by atoms with Crippen molar-refractivity contribution in [3.8, 4) is 5.75 Å². The maximum atomic E-state index is 10.6. The number of phenolic OH excluding ortho intramolecular Hbond substituents is 1. The molecule has 0 amide bonds. The average molecular weight is 275 g/mol. The van der Waals surface area contributed by atoms with Crippen LogP contribution in [0.2, 0.25) is 0 Å². The summed E-state index contributed by atoms with van der Waals surface area (Å²) < 4.78 is 0. The normalized spacial score (nSPS) is 14.2. The summed E-state index contributed by atoms with van der Waals surface area (Å²) in [6.07, 6.45) is 2.45. The number of hydrogen-bond donors (Lipinski definition) is 2. The van der Waals surface area contributed by atoms with Crippen LogP contribution < -0.4 is 5.73 Å². The van der Waals surface area contributed by atoms with Gasteiger partial charge in [-0.3, -0.25) is 0 Å². The van der Waals surface area contributed by atoms with E-state index in [1.807, 2.05) is 6.07 Å². The average Bonchev–Trinajstić information content (AvgIpc) is 2.26. The molecular weight excluding hydrogens is 246 g/mol. The van der Waals surface area contributed by atoms with Crippen LogP contribution in [0.4, 0.5) is 0 Å². The van der Waals surface area contributed by atoms with Gasteiger partial charge in [0.2, 0.25) is 0 Å². The van der Waals surface area contributed by atoms with Crippen LogP contribution in [0.3, 0.4) is 0 Å². The van der Waals surface area contributed by atoms with E-state index in [1.165, 1.54) is 5.56 Å². The van der Waals surface area contributed by atoms with Gasteiger partial charge in [-0.25, -0.2) is 0 Å². The van der Waals surface area contributed by atoms with Crippen molar-refractivity contribution in [2.45, 2.75) is 64.8 Å². The zero-order valence-electron chi connectivity index (χ0n) is 13.7. The molecular formula is C18H29NO. The largest absolute Gasteiger partial charge is 0.507 e. The minimum atomic E-state index is -0.212. The molecule has 0 saturated heterocycles. The summed E-state index contributed by atoms with van der Waals surface area (Å²) in [5.41, 5.74) is 9.09. The minimum absolute atomic E-state index is 0.0242. The lowest BCUT2D eigenvalue weighted by atomic mass is 9.78. The number of phenols is 1. The fourth-order valence-corrected chi connectivity index (χ4v) is 2.25. The van der Waals surface area contributed by atoms with E-state index in [0.29, 0.717) is 12.2 Å². The Labute approximate surface area is 123 Å². The zero-order chi connectivity index (χ0) is 15.7. The molecule has 1 atom stereocenters. The van der Waals surface area contributed by atoms with Crippen molar-refractivity contribution in [3.05, 3.63) is 41.5 Å². The molecule has 3 N–H and O–H groups in total. The van der Waals surface area contributed by atoms with Gasteiger partial charge in [-0.1, -0.05) is 53.7 Å². The van der Waals surface area contributed by atoms with Crippen molar-refractivity contribution in [2.24, 2.45) is 5.73 Å². The molecule has 20 heavy (non-hydrogen) atoms. The smallest absolute Gasteiger partial charge is 0.124 e. The summed E-state index contributed by atoms with van der Waals surface area (Å²) in [6.45, 7) is 16.6. The van der Waals surface area contributed by atoms with Crippen LogP contribution in [0, 0.1) is 0 Å². The lowest BCUT2D eigenvalue weighted by Crippen LogP contribution is -2.19. The van der Waals surface area contributed by atoms with Crippen molar-refractivity contribution < 1.29 is 5.11 Å². The van der Waals surface area contributed by atoms with Crippen LogP contribution in [0.25, 0.3) is 0 Å². The summed E-state index contributed by atoms with van der Waals surface area (Å²) in [6, 6.07) is 3.94. The molecule has 2 heteroatoms. The van der Waals surface area contributed by atoms with E-state index in [1.54, 1.807) is 6.08 Å². The van der Waals surface area contributed by atoms with E-state index < -0.39 is 0 Å². The molecule has 0 aliphatic rings. The molecule has 2 nitrogen and oxygen atoms in total. The van der Waals surface area contributed by atoms with Crippen LogP contribution >= 0.6 is 0 Å². The van der Waals surface area contributed by atoms with Crippen molar-refractivity contribution in [2.75, 3.05) is 0 Å². The molecule has 0 bridgehead atoms.